The Bertz CT molecular complexity index is 325. The van der Waals surface area contributed by atoms with E-state index in [-0.39, 0.29) is 6.03 Å². The third kappa shape index (κ3) is 3.85. The molecule has 84 valence electrons. The number of anilines is 1. The van der Waals surface area contributed by atoms with Crippen molar-refractivity contribution >= 4 is 22.5 Å². The number of aliphatic hydroxyl groups is 1. The van der Waals surface area contributed by atoms with E-state index in [0.29, 0.717) is 17.4 Å². The minimum Gasteiger partial charge on any atom is -0.387 e. The van der Waals surface area contributed by atoms with Crippen LogP contribution in [-0.4, -0.2) is 22.7 Å². The molecule has 0 aliphatic carbocycles. The zero-order valence-corrected chi connectivity index (χ0v) is 9.60. The average molecular weight is 229 g/mol. The number of hydrogen-bond donors (Lipinski definition) is 3. The number of nitrogens with zero attached hydrogens (tertiary/aromatic N) is 1. The standard InChI is InChI=1S/C9H15N3O2S/c1-3-4-10-8(14)12-9-11-7(5-15-9)6(2)13/h5-6,13H,3-4H2,1-2H3,(H2,10,11,12,14). The molecule has 0 aliphatic rings. The van der Waals surface area contributed by atoms with E-state index >= 15 is 0 Å². The molecule has 0 saturated carbocycles. The molecule has 3 N–H and O–H groups in total. The van der Waals surface area contributed by atoms with Crippen LogP contribution in [0.15, 0.2) is 5.38 Å². The van der Waals surface area contributed by atoms with Gasteiger partial charge in [0.25, 0.3) is 0 Å². The van der Waals surface area contributed by atoms with Crippen molar-refractivity contribution in [3.63, 3.8) is 0 Å². The number of carbonyl (C=O) groups is 1. The van der Waals surface area contributed by atoms with Crippen LogP contribution in [0.5, 0.6) is 0 Å². The van der Waals surface area contributed by atoms with Crippen molar-refractivity contribution in [2.45, 2.75) is 26.4 Å². The lowest BCUT2D eigenvalue weighted by atomic mass is 10.3. The van der Waals surface area contributed by atoms with Crippen LogP contribution in [-0.2, 0) is 0 Å². The molecular formula is C9H15N3O2S. The summed E-state index contributed by atoms with van der Waals surface area (Å²) in [4.78, 5) is 15.3. The summed E-state index contributed by atoms with van der Waals surface area (Å²) >= 11 is 1.30. The fourth-order valence-corrected chi connectivity index (χ4v) is 1.71. The van der Waals surface area contributed by atoms with Crippen LogP contribution in [0.3, 0.4) is 0 Å². The first-order valence-corrected chi connectivity index (χ1v) is 5.69. The van der Waals surface area contributed by atoms with E-state index in [0.717, 1.165) is 6.42 Å². The first-order valence-electron chi connectivity index (χ1n) is 4.81. The quantitative estimate of drug-likeness (QED) is 0.736. The molecule has 5 nitrogen and oxygen atoms in total. The molecule has 1 heterocycles. The van der Waals surface area contributed by atoms with Crippen LogP contribution in [0.25, 0.3) is 0 Å². The van der Waals surface area contributed by atoms with Crippen molar-refractivity contribution in [2.24, 2.45) is 0 Å². The number of urea groups is 1. The summed E-state index contributed by atoms with van der Waals surface area (Å²) in [5, 5.41) is 16.7. The van der Waals surface area contributed by atoms with Gasteiger partial charge in [0, 0.05) is 11.9 Å². The molecule has 1 aromatic rings. The minimum atomic E-state index is -0.601. The Labute approximate surface area is 92.5 Å². The molecule has 0 bridgehead atoms. The van der Waals surface area contributed by atoms with E-state index in [1.807, 2.05) is 6.92 Å². The highest BCUT2D eigenvalue weighted by Gasteiger charge is 2.08. The third-order valence-corrected chi connectivity index (χ3v) is 2.48. The van der Waals surface area contributed by atoms with Gasteiger partial charge in [-0.2, -0.15) is 0 Å². The zero-order chi connectivity index (χ0) is 11.3. The van der Waals surface area contributed by atoms with Gasteiger partial charge in [0.1, 0.15) is 0 Å². The van der Waals surface area contributed by atoms with Gasteiger partial charge in [0.15, 0.2) is 5.13 Å². The number of aromatic nitrogens is 1. The van der Waals surface area contributed by atoms with Crippen LogP contribution in [0.1, 0.15) is 32.1 Å². The number of rotatable bonds is 4. The fraction of sp³-hybridized carbons (Fsp3) is 0.556. The second-order valence-corrected chi connectivity index (χ2v) is 3.99. The summed E-state index contributed by atoms with van der Waals surface area (Å²) in [5.41, 5.74) is 0.575. The van der Waals surface area contributed by atoms with Crippen LogP contribution < -0.4 is 10.6 Å². The molecule has 0 radical (unpaired) electrons. The molecule has 1 aromatic heterocycles. The van der Waals surface area contributed by atoms with Crippen LogP contribution >= 0.6 is 11.3 Å². The van der Waals surface area contributed by atoms with Crippen molar-refractivity contribution in [1.82, 2.24) is 10.3 Å². The Kier molecular flexibility index (Phi) is 4.51. The first kappa shape index (κ1) is 11.9. The predicted molar refractivity (Wildman–Crippen MR) is 60.1 cm³/mol. The van der Waals surface area contributed by atoms with Crippen molar-refractivity contribution in [2.75, 3.05) is 11.9 Å². The zero-order valence-electron chi connectivity index (χ0n) is 8.78. The Morgan fingerprint density at radius 2 is 2.47 bits per heavy atom. The Balaban J connectivity index is 2.46. The average Bonchev–Trinajstić information content (AvgIpc) is 2.63. The van der Waals surface area contributed by atoms with Gasteiger partial charge in [-0.15, -0.1) is 11.3 Å². The van der Waals surface area contributed by atoms with Gasteiger partial charge in [-0.05, 0) is 13.3 Å². The highest BCUT2D eigenvalue weighted by atomic mass is 32.1. The number of amides is 2. The first-order chi connectivity index (χ1) is 7.13. The summed E-state index contributed by atoms with van der Waals surface area (Å²) in [7, 11) is 0. The number of carbonyl (C=O) groups excluding carboxylic acids is 1. The van der Waals surface area contributed by atoms with E-state index in [2.05, 4.69) is 15.6 Å². The summed E-state index contributed by atoms with van der Waals surface area (Å²) < 4.78 is 0. The van der Waals surface area contributed by atoms with Crippen LogP contribution in [0, 0.1) is 0 Å². The molecule has 1 rings (SSSR count). The van der Waals surface area contributed by atoms with Crippen molar-refractivity contribution in [1.29, 1.82) is 0 Å². The van der Waals surface area contributed by atoms with E-state index in [1.165, 1.54) is 11.3 Å². The molecule has 0 aromatic carbocycles. The summed E-state index contributed by atoms with van der Waals surface area (Å²) in [6.07, 6.45) is 0.292. The van der Waals surface area contributed by atoms with E-state index in [1.54, 1.807) is 12.3 Å². The Hall–Kier alpha value is -1.14. The monoisotopic (exact) mass is 229 g/mol. The van der Waals surface area contributed by atoms with Gasteiger partial charge in [0.2, 0.25) is 0 Å². The molecule has 15 heavy (non-hydrogen) atoms. The molecule has 1 atom stereocenters. The van der Waals surface area contributed by atoms with Crippen molar-refractivity contribution in [3.05, 3.63) is 11.1 Å². The molecule has 0 spiro atoms. The van der Waals surface area contributed by atoms with Gasteiger partial charge >= 0.3 is 6.03 Å². The maximum Gasteiger partial charge on any atom is 0.321 e. The second-order valence-electron chi connectivity index (χ2n) is 3.13. The van der Waals surface area contributed by atoms with Crippen molar-refractivity contribution in [3.8, 4) is 0 Å². The molecule has 0 saturated heterocycles. The van der Waals surface area contributed by atoms with Crippen molar-refractivity contribution < 1.29 is 9.90 Å². The molecule has 0 fully saturated rings. The fourth-order valence-electron chi connectivity index (χ4n) is 0.915. The molecule has 2 amide bonds. The maximum atomic E-state index is 11.2. The number of aliphatic hydroxyl groups excluding tert-OH is 1. The van der Waals surface area contributed by atoms with Crippen LogP contribution in [0.4, 0.5) is 9.93 Å². The van der Waals surface area contributed by atoms with Gasteiger partial charge in [0.05, 0.1) is 11.8 Å². The highest BCUT2D eigenvalue weighted by Crippen LogP contribution is 2.19. The third-order valence-electron chi connectivity index (χ3n) is 1.71. The maximum absolute atomic E-state index is 11.2. The number of hydrogen-bond acceptors (Lipinski definition) is 4. The largest absolute Gasteiger partial charge is 0.387 e. The van der Waals surface area contributed by atoms with Gasteiger partial charge in [-0.3, -0.25) is 5.32 Å². The summed E-state index contributed by atoms with van der Waals surface area (Å²) in [6, 6.07) is -0.261. The lowest BCUT2D eigenvalue weighted by molar-refractivity contribution is 0.195. The molecular weight excluding hydrogens is 214 g/mol. The van der Waals surface area contributed by atoms with E-state index in [4.69, 9.17) is 0 Å². The second kappa shape index (κ2) is 5.67. The van der Waals surface area contributed by atoms with E-state index < -0.39 is 6.10 Å². The minimum absolute atomic E-state index is 0.261. The lowest BCUT2D eigenvalue weighted by Crippen LogP contribution is -2.29. The smallest absolute Gasteiger partial charge is 0.321 e. The van der Waals surface area contributed by atoms with Gasteiger partial charge in [-0.25, -0.2) is 9.78 Å². The lowest BCUT2D eigenvalue weighted by Gasteiger charge is -2.02. The number of nitrogens with one attached hydrogen (secondary N) is 2. The van der Waals surface area contributed by atoms with Gasteiger partial charge in [-0.1, -0.05) is 6.92 Å². The van der Waals surface area contributed by atoms with Gasteiger partial charge < -0.3 is 10.4 Å². The normalized spacial score (nSPS) is 12.2. The summed E-state index contributed by atoms with van der Waals surface area (Å²) in [6.45, 7) is 4.26. The number of thiazole rings is 1. The summed E-state index contributed by atoms with van der Waals surface area (Å²) in [5.74, 6) is 0. The predicted octanol–water partition coefficient (Wildman–Crippen LogP) is 1.73. The SMILES string of the molecule is CCCNC(=O)Nc1nc(C(C)O)cs1. The Morgan fingerprint density at radius 1 is 1.73 bits per heavy atom. The topological polar surface area (TPSA) is 74.2 Å². The highest BCUT2D eigenvalue weighted by molar-refractivity contribution is 7.13. The van der Waals surface area contributed by atoms with Crippen LogP contribution in [0.2, 0.25) is 0 Å². The molecule has 1 unspecified atom stereocenters. The van der Waals surface area contributed by atoms with E-state index in [9.17, 15) is 9.90 Å². The Morgan fingerprint density at radius 3 is 3.00 bits per heavy atom. The molecule has 6 heteroatoms. The molecule has 0 aliphatic heterocycles.